The van der Waals surface area contributed by atoms with Crippen LogP contribution < -0.4 is 11.2 Å². The minimum Gasteiger partial charge on any atom is -0.481 e. The summed E-state index contributed by atoms with van der Waals surface area (Å²) in [6.07, 6.45) is -18.1. The first-order valence-corrected chi connectivity index (χ1v) is 40.0. The number of pyridine rings is 1. The van der Waals surface area contributed by atoms with E-state index in [-0.39, 0.29) is 16.7 Å². The fourth-order valence-corrected chi connectivity index (χ4v) is 10.6. The predicted molar refractivity (Wildman–Crippen MR) is 370 cm³/mol. The van der Waals surface area contributed by atoms with Crippen molar-refractivity contribution in [2.24, 2.45) is 17.1 Å². The zero-order valence-corrected chi connectivity index (χ0v) is 65.9. The van der Waals surface area contributed by atoms with Gasteiger partial charge in [-0.1, -0.05) is 19.1 Å². The number of hydrogen-bond acceptors (Lipinski definition) is 34. The lowest BCUT2D eigenvalue weighted by Gasteiger charge is -2.48. The van der Waals surface area contributed by atoms with Gasteiger partial charge < -0.3 is 165 Å². The molecule has 73 heteroatoms. The molecule has 0 aliphatic heterocycles. The molecule has 4 aromatic rings. The summed E-state index contributed by atoms with van der Waals surface area (Å²) < 4.78 is 107. The topological polar surface area (TPSA) is 1180 Å². The van der Waals surface area contributed by atoms with Crippen LogP contribution in [0.3, 0.4) is 0 Å². The molecule has 1 saturated carbocycles. The summed E-state index contributed by atoms with van der Waals surface area (Å²) in [7, 11) is -40.9. The van der Waals surface area contributed by atoms with Crippen molar-refractivity contribution < 1.29 is 305 Å². The molecule has 1 aliphatic carbocycles. The number of phosphoric acid groups is 6. The molecule has 1 aliphatic rings. The monoisotopic (exact) mass is 1940 g/mol. The molecule has 692 valence electrons. The number of amides is 1. The molecule has 5 rings (SSSR count). The molecule has 2 heterocycles. The van der Waals surface area contributed by atoms with E-state index in [0.717, 1.165) is 19.1 Å². The third-order valence-corrected chi connectivity index (χ3v) is 15.8. The fourth-order valence-electron chi connectivity index (χ4n) is 7.24. The lowest BCUT2D eigenvalue weighted by molar-refractivity contribution is -0.202. The Morgan fingerprint density at radius 3 is 0.750 bits per heavy atom. The van der Waals surface area contributed by atoms with Crippen LogP contribution in [-0.2, 0) is 92.7 Å². The molecule has 0 saturated heterocycles. The van der Waals surface area contributed by atoms with Crippen LogP contribution in [0.15, 0.2) is 76.1 Å². The maximum atomic E-state index is 11.4. The van der Waals surface area contributed by atoms with Crippen LogP contribution in [0.2, 0.25) is 0 Å². The predicted octanol–water partition coefficient (Wildman–Crippen LogP) is -3.23. The number of rotatable bonds is 29. The summed E-state index contributed by atoms with van der Waals surface area (Å²) in [6.45, 7) is 2.31. The molecule has 0 radical (unpaired) electrons. The SMILES string of the molecule is CC(C(=O)O)C(=O)O.CCC(C(=O)O)(C(=O)O)C(=O)O.NC(=O)c1cc(=O)cc(C(=O)O)o1.O=C(O)C(=O)O.O=C(O)P(=O)(O)O.O=C(O)c1cc(C(=O)O)c(C(=O)O)cc1C(=O)O.O=C(O)c1ccccc1C(=O)O.O=C(O)c1cccnc1C(=O)O.O=P(O)(O)O[C@H]1[C@H](OP(=O)(O)O)[C@@H](OP(=O)(O)O)[C@H](OP(=O)(O)O)[C@@H](OP(=O)(O)O)[C@H]1OP(=O)(O)O. The smallest absolute Gasteiger partial charge is 0.470 e. The highest BCUT2D eigenvalue weighted by Gasteiger charge is 2.63. The van der Waals surface area contributed by atoms with Gasteiger partial charge in [0.25, 0.3) is 11.3 Å². The normalized spacial score (nSPS) is 15.4. The number of carboxylic acids is 16. The number of carbonyl (C=O) groups excluding carboxylic acids is 1. The van der Waals surface area contributed by atoms with Crippen molar-refractivity contribution in [3.05, 3.63) is 133 Å². The number of benzene rings is 2. The highest BCUT2D eigenvalue weighted by Crippen LogP contribution is 2.57. The van der Waals surface area contributed by atoms with Crippen LogP contribution in [0.5, 0.6) is 0 Å². The second-order valence-corrected chi connectivity index (χ2v) is 29.5. The van der Waals surface area contributed by atoms with Crippen molar-refractivity contribution >= 4 is 162 Å². The van der Waals surface area contributed by atoms with Crippen molar-refractivity contribution in [2.45, 2.75) is 56.9 Å². The Hall–Kier alpha value is -12.2. The number of carboxylic acid groups (broad SMARTS) is 17. The zero-order chi connectivity index (χ0) is 98.9. The van der Waals surface area contributed by atoms with Gasteiger partial charge in [0.1, 0.15) is 36.6 Å². The second kappa shape index (κ2) is 49.8. The minimum absolute atomic E-state index is 0.190. The number of hydrogen-bond donors (Lipinski definition) is 32. The Balaban J connectivity index is -0.000000698. The van der Waals surface area contributed by atoms with E-state index in [1.54, 1.807) is 0 Å². The van der Waals surface area contributed by atoms with Crippen LogP contribution in [-0.4, -0.2) is 304 Å². The summed E-state index contributed by atoms with van der Waals surface area (Å²) in [5.74, 6) is -28.4. The summed E-state index contributed by atoms with van der Waals surface area (Å²) in [5.41, 5.74) is -4.92. The number of primary amides is 1. The molecular formula is C51H59N2O64P7. The van der Waals surface area contributed by atoms with Crippen LogP contribution in [0, 0.1) is 11.3 Å². The summed E-state index contributed by atoms with van der Waals surface area (Å²) in [4.78, 5) is 323. The molecule has 2 aromatic carbocycles. The summed E-state index contributed by atoms with van der Waals surface area (Å²) >= 11 is 0. The fraction of sp³-hybridized carbons (Fsp3) is 0.216. The molecule has 124 heavy (non-hydrogen) atoms. The van der Waals surface area contributed by atoms with Gasteiger partial charge >= 0.3 is 156 Å². The van der Waals surface area contributed by atoms with Gasteiger partial charge in [-0.2, -0.15) is 0 Å². The van der Waals surface area contributed by atoms with E-state index in [1.807, 2.05) is 0 Å². The zero-order valence-electron chi connectivity index (χ0n) is 59.6. The molecule has 0 unspecified atom stereocenters. The Morgan fingerprint density at radius 1 is 0.371 bits per heavy atom. The molecule has 66 nitrogen and oxygen atoms in total. The maximum absolute atomic E-state index is 11.4. The molecule has 1 amide bonds. The third-order valence-electron chi connectivity index (χ3n) is 12.2. The van der Waals surface area contributed by atoms with Gasteiger partial charge in [0.2, 0.25) is 5.76 Å². The Labute approximate surface area is 677 Å². The van der Waals surface area contributed by atoms with Gasteiger partial charge in [0, 0.05) is 18.3 Å². The van der Waals surface area contributed by atoms with Crippen molar-refractivity contribution in [1.29, 1.82) is 0 Å². The third kappa shape index (κ3) is 44.6. The Kier molecular flexibility index (Phi) is 47.4. The number of carbonyl (C=O) groups is 18. The number of aromatic nitrogens is 1. The van der Waals surface area contributed by atoms with E-state index in [9.17, 15) is 113 Å². The molecule has 2 aromatic heterocycles. The first kappa shape index (κ1) is 118. The van der Waals surface area contributed by atoms with Gasteiger partial charge in [0.05, 0.1) is 38.9 Å². The van der Waals surface area contributed by atoms with Gasteiger partial charge in [-0.15, -0.1) is 0 Å². The highest BCUT2D eigenvalue weighted by molar-refractivity contribution is 7.69. The largest absolute Gasteiger partial charge is 0.481 e. The quantitative estimate of drug-likeness (QED) is 0.0144. The molecule has 0 atom stereocenters. The average Bonchev–Trinajstić information content (AvgIpc) is 0.741. The van der Waals surface area contributed by atoms with Gasteiger partial charge in [-0.05, 0) is 49.7 Å². The van der Waals surface area contributed by atoms with Gasteiger partial charge in [-0.3, -0.25) is 60.7 Å². The van der Waals surface area contributed by atoms with E-state index in [1.165, 1.54) is 49.5 Å². The van der Waals surface area contributed by atoms with Crippen LogP contribution in [0.4, 0.5) is 4.79 Å². The number of aromatic carboxylic acids is 9. The van der Waals surface area contributed by atoms with E-state index in [0.29, 0.717) is 12.1 Å². The molecule has 0 spiro atoms. The molecule has 0 bridgehead atoms. The first-order chi connectivity index (χ1) is 55.6. The van der Waals surface area contributed by atoms with Gasteiger partial charge in [-0.25, -0.2) is 94.5 Å². The summed E-state index contributed by atoms with van der Waals surface area (Å²) in [6, 6.07) is 10.6. The van der Waals surface area contributed by atoms with E-state index >= 15 is 0 Å². The van der Waals surface area contributed by atoms with Gasteiger partial charge in [0.15, 0.2) is 22.8 Å². The average molecular weight is 1940 g/mol. The minimum atomic E-state index is -6.02. The maximum Gasteiger partial charge on any atom is 0.470 e. The van der Waals surface area contributed by atoms with E-state index in [4.69, 9.17) is 171 Å². The highest BCUT2D eigenvalue weighted by atomic mass is 31.2. The Bertz CT molecular complexity index is 4540. The van der Waals surface area contributed by atoms with E-state index in [2.05, 4.69) is 36.5 Å². The van der Waals surface area contributed by atoms with Crippen molar-refractivity contribution in [2.75, 3.05) is 0 Å². The van der Waals surface area contributed by atoms with Crippen molar-refractivity contribution in [3.63, 3.8) is 0 Å². The van der Waals surface area contributed by atoms with Crippen molar-refractivity contribution in [3.8, 4) is 0 Å². The molecule has 33 N–H and O–H groups in total. The second-order valence-electron chi connectivity index (χ2n) is 20.9. The molecule has 1 fully saturated rings. The summed E-state index contributed by atoms with van der Waals surface area (Å²) in [5, 5.41) is 141. The number of nitrogens with zero attached hydrogens (tertiary/aromatic N) is 1. The lowest BCUT2D eigenvalue weighted by atomic mass is 9.85. The van der Waals surface area contributed by atoms with Crippen LogP contribution in [0.25, 0.3) is 0 Å². The first-order valence-electron chi connectivity index (χ1n) is 29.2. The lowest BCUT2D eigenvalue weighted by Crippen LogP contribution is -2.66. The number of nitrogens with two attached hydrogens (primary N) is 1. The number of phosphoric ester groups is 6. The van der Waals surface area contributed by atoms with Crippen LogP contribution in [0.1, 0.15) is 124 Å². The van der Waals surface area contributed by atoms with Crippen LogP contribution >= 0.6 is 54.5 Å². The molecular weight excluding hydrogens is 1880 g/mol. The Morgan fingerprint density at radius 2 is 0.605 bits per heavy atom. The standard InChI is InChI=1S/C10H6O8.C8H6O4.C7H5NO5.C7H5NO4.C6H18O24P6.C6H8O6.C4H6O4.C2H2O4.CH3O5P/c11-7(12)3-1-4(8(13)14)6(10(17)18)2-5(3)9(15)16;9-7(10)5-3-1-2-4-6(5)8(11)12;8-6(10)4-1-3(9)2-5(13-4)7(11)12;9-6(10)4-2-1-3-8-5(4)7(11)12;7-31(8,9)25-1-2(26-32(10,11)12)4(28-34(16,17)18)6(30-36(22,23)24)5(29-35(19,20)21)3(1)27-33(13,14)15;1-2-6(3(7)8,4(9)10)5(11)12;1-2(3(5)6)4(7)8;3-1(4)2(5)6;2-1(3)7(4,5)6/h1-2H,(H,11,12)(H,13,14)(H,15,16)(H,17,18);1-4H,(H,9,10)(H,11,12);1-2H,(H2,8,10)(H,11,12);1-3H,(H,9,10)(H,11,12);1-6H,(H2,7,8,9)(H2,10,11,12)(H2,13,14,15)(H2,16,17,18)(H2,19,20,21)(H2,22,23,24);2H2,1H3,(H,7,8)(H,9,10)(H,11,12);2H,1H3,(H,5,6)(H,7,8);(H,3,4)(H,5,6);(H,2,3)(H2,4,5,6)/t;;;;1-,2-,3-,4+,5-,6-;;;;. The van der Waals surface area contributed by atoms with Crippen molar-refractivity contribution in [1.82, 2.24) is 4.98 Å². The van der Waals surface area contributed by atoms with E-state index < -0.39 is 261 Å². The number of aliphatic carboxylic acids is 7.